The molecule has 2 N–H and O–H groups in total. The average Bonchev–Trinajstić information content (AvgIpc) is 2.38. The van der Waals surface area contributed by atoms with E-state index in [1.807, 2.05) is 6.08 Å². The van der Waals surface area contributed by atoms with Crippen molar-refractivity contribution < 1.29 is 11.0 Å². The van der Waals surface area contributed by atoms with Gasteiger partial charge < -0.3 is 10.5 Å². The quantitative estimate of drug-likeness (QED) is 0.361. The van der Waals surface area contributed by atoms with Crippen molar-refractivity contribution in [3.05, 3.63) is 48.1 Å². The van der Waals surface area contributed by atoms with E-state index in [-0.39, 0.29) is 7.40 Å². The Bertz CT molecular complexity index is 455. The number of hydrogen-bond acceptors (Lipinski definition) is 3. The van der Waals surface area contributed by atoms with Crippen LogP contribution in [-0.2, 0) is 4.74 Å². The van der Waals surface area contributed by atoms with Gasteiger partial charge in [0, 0.05) is 7.11 Å². The van der Waals surface area contributed by atoms with Crippen LogP contribution in [0.25, 0.3) is 6.08 Å². The molecule has 1 aromatic carbocycles. The highest BCUT2D eigenvalue weighted by molar-refractivity contribution is 5.91. The summed E-state index contributed by atoms with van der Waals surface area (Å²) in [4.78, 5) is 11.7. The molecule has 98 valence electrons. The molecule has 0 aliphatic rings. The van der Waals surface area contributed by atoms with Crippen molar-refractivity contribution >= 4 is 17.7 Å². The maximum Gasteiger partial charge on any atom is 0.338 e. The number of ether oxygens (including phenoxy) is 1. The molecule has 18 heavy (non-hydrogen) atoms. The number of allylic oxidation sites excluding steroid dienone is 2. The summed E-state index contributed by atoms with van der Waals surface area (Å²) in [6.07, 6.45) is 7.13. The Morgan fingerprint density at radius 1 is 1.56 bits per heavy atom. The summed E-state index contributed by atoms with van der Waals surface area (Å²) in [5.74, 6) is -0.309. The summed E-state index contributed by atoms with van der Waals surface area (Å²) < 4.78 is 5.14. The zero-order valence-electron chi connectivity index (χ0n) is 10.7. The number of nitrogen functional groups attached to an aromatic ring is 1. The summed E-state index contributed by atoms with van der Waals surface area (Å²) >= 11 is 0. The van der Waals surface area contributed by atoms with Crippen molar-refractivity contribution in [2.45, 2.75) is 19.8 Å². The molecule has 0 radical (unpaired) electrons. The highest BCUT2D eigenvalue weighted by Crippen LogP contribution is 2.16. The third kappa shape index (κ3) is 4.09. The lowest BCUT2D eigenvalue weighted by atomic mass is 10.1. The topological polar surface area (TPSA) is 52.3 Å². The van der Waals surface area contributed by atoms with Crippen LogP contribution in [0, 0.1) is 0 Å². The second kappa shape index (κ2) is 7.33. The lowest BCUT2D eigenvalue weighted by molar-refractivity contribution is 0.0500. The summed E-state index contributed by atoms with van der Waals surface area (Å²) in [5.41, 5.74) is 7.75. The van der Waals surface area contributed by atoms with Crippen molar-refractivity contribution in [3.8, 4) is 0 Å². The first-order valence-corrected chi connectivity index (χ1v) is 6.04. The molecule has 0 unspecified atom stereocenters. The Labute approximate surface area is 109 Å². The number of anilines is 1. The molecule has 0 atom stereocenters. The first-order chi connectivity index (χ1) is 8.69. The highest BCUT2D eigenvalue weighted by atomic mass is 16.5. The second-order valence-electron chi connectivity index (χ2n) is 3.93. The van der Waals surface area contributed by atoms with Crippen LogP contribution in [0.3, 0.4) is 0 Å². The Morgan fingerprint density at radius 3 is 3.00 bits per heavy atom. The lowest BCUT2D eigenvalue weighted by Crippen LogP contribution is -2.07. The monoisotopic (exact) mass is 247 g/mol. The van der Waals surface area contributed by atoms with Crippen LogP contribution < -0.4 is 5.73 Å². The molecule has 1 aromatic rings. The molecular weight excluding hydrogens is 226 g/mol. The van der Waals surface area contributed by atoms with Gasteiger partial charge in [-0.05, 0) is 30.2 Å². The van der Waals surface area contributed by atoms with Gasteiger partial charge in [0.05, 0.1) is 12.2 Å². The van der Waals surface area contributed by atoms with Gasteiger partial charge >= 0.3 is 5.97 Å². The maximum absolute atomic E-state index is 11.7. The van der Waals surface area contributed by atoms with Gasteiger partial charge in [-0.15, -0.1) is 0 Å². The smallest absolute Gasteiger partial charge is 0.338 e. The highest BCUT2D eigenvalue weighted by Gasteiger charge is 2.08. The third-order valence-electron chi connectivity index (χ3n) is 2.47. The zero-order chi connectivity index (χ0) is 13.4. The van der Waals surface area contributed by atoms with Gasteiger partial charge in [-0.1, -0.05) is 38.2 Å². The van der Waals surface area contributed by atoms with E-state index in [0.717, 1.165) is 18.4 Å². The number of nitrogens with two attached hydrogens (primary N) is 1. The number of unbranched alkanes of at least 4 members (excludes halogenated alkanes) is 1. The fraction of sp³-hybridized carbons (Fsp3) is 0.267. The molecule has 0 saturated carbocycles. The first-order valence-electron chi connectivity index (χ1n) is 6.04. The van der Waals surface area contributed by atoms with Crippen molar-refractivity contribution in [2.75, 3.05) is 12.3 Å². The van der Waals surface area contributed by atoms with Crippen LogP contribution in [-0.4, -0.2) is 12.6 Å². The van der Waals surface area contributed by atoms with E-state index in [9.17, 15) is 4.79 Å². The molecule has 0 heterocycles. The molecule has 0 spiro atoms. The SMILES string of the molecule is C=CC=Cc1cc(C(=O)OCCCC)ccc1N.[HH]. The fourth-order valence-electron chi connectivity index (χ4n) is 1.41. The largest absolute Gasteiger partial charge is 0.462 e. The van der Waals surface area contributed by atoms with Gasteiger partial charge in [-0.3, -0.25) is 0 Å². The van der Waals surface area contributed by atoms with Crippen molar-refractivity contribution in [2.24, 2.45) is 0 Å². The normalized spacial score (nSPS) is 10.5. The zero-order valence-corrected chi connectivity index (χ0v) is 10.7. The van der Waals surface area contributed by atoms with E-state index in [1.54, 1.807) is 30.4 Å². The lowest BCUT2D eigenvalue weighted by Gasteiger charge is -2.06. The van der Waals surface area contributed by atoms with Gasteiger partial charge in [0.2, 0.25) is 0 Å². The molecule has 0 saturated heterocycles. The molecule has 3 heteroatoms. The number of hydrogen-bond donors (Lipinski definition) is 1. The first kappa shape index (κ1) is 14.0. The Kier molecular flexibility index (Phi) is 5.71. The molecule has 0 aliphatic heterocycles. The standard InChI is InChI=1S/C15H19NO2.H2/c1-3-5-7-12-11-13(8-9-14(12)16)15(17)18-10-6-4-2;/h3,5,7-9,11H,1,4,6,10,16H2,2H3;1H. The van der Waals surface area contributed by atoms with E-state index in [1.165, 1.54) is 0 Å². The van der Waals surface area contributed by atoms with Crippen LogP contribution in [0.15, 0.2) is 36.9 Å². The van der Waals surface area contributed by atoms with Crippen LogP contribution in [0.1, 0.15) is 37.1 Å². The predicted molar refractivity (Wildman–Crippen MR) is 77.4 cm³/mol. The van der Waals surface area contributed by atoms with Gasteiger partial charge in [0.15, 0.2) is 0 Å². The van der Waals surface area contributed by atoms with E-state index < -0.39 is 0 Å². The van der Waals surface area contributed by atoms with E-state index in [4.69, 9.17) is 10.5 Å². The minimum Gasteiger partial charge on any atom is -0.462 e. The molecule has 1 rings (SSSR count). The molecule has 0 aliphatic carbocycles. The summed E-state index contributed by atoms with van der Waals surface area (Å²) in [5, 5.41) is 0. The molecule has 0 fully saturated rings. The van der Waals surface area contributed by atoms with Crippen molar-refractivity contribution in [1.82, 2.24) is 0 Å². The van der Waals surface area contributed by atoms with Crippen LogP contribution in [0.4, 0.5) is 5.69 Å². The molecule has 0 amide bonds. The second-order valence-corrected chi connectivity index (χ2v) is 3.93. The van der Waals surface area contributed by atoms with Gasteiger partial charge in [0.25, 0.3) is 0 Å². The van der Waals surface area contributed by atoms with Crippen LogP contribution in [0.2, 0.25) is 0 Å². The summed E-state index contributed by atoms with van der Waals surface area (Å²) in [6, 6.07) is 5.11. The molecule has 0 bridgehead atoms. The Hall–Kier alpha value is -2.03. The number of esters is 1. The van der Waals surface area contributed by atoms with E-state index in [0.29, 0.717) is 17.9 Å². The van der Waals surface area contributed by atoms with Crippen LogP contribution >= 0.6 is 0 Å². The number of carbonyl (C=O) groups excluding carboxylic acids is 1. The predicted octanol–water partition coefficient (Wildman–Crippen LogP) is 3.67. The number of carbonyl (C=O) groups is 1. The average molecular weight is 247 g/mol. The molecule has 3 nitrogen and oxygen atoms in total. The van der Waals surface area contributed by atoms with E-state index >= 15 is 0 Å². The number of rotatable bonds is 6. The fourth-order valence-corrected chi connectivity index (χ4v) is 1.41. The van der Waals surface area contributed by atoms with Crippen LogP contribution in [0.5, 0.6) is 0 Å². The number of benzene rings is 1. The minimum absolute atomic E-state index is 0. The maximum atomic E-state index is 11.7. The van der Waals surface area contributed by atoms with Crippen molar-refractivity contribution in [3.63, 3.8) is 0 Å². The molecule has 0 aromatic heterocycles. The van der Waals surface area contributed by atoms with Crippen molar-refractivity contribution in [1.29, 1.82) is 0 Å². The van der Waals surface area contributed by atoms with Gasteiger partial charge in [-0.25, -0.2) is 4.79 Å². The Morgan fingerprint density at radius 2 is 2.33 bits per heavy atom. The Balaban J connectivity index is 0.00000324. The van der Waals surface area contributed by atoms with Gasteiger partial charge in [-0.2, -0.15) is 0 Å². The summed E-state index contributed by atoms with van der Waals surface area (Å²) in [7, 11) is 0. The summed E-state index contributed by atoms with van der Waals surface area (Å²) in [6.45, 7) is 6.10. The molecular formula is C15H21NO2. The van der Waals surface area contributed by atoms with Gasteiger partial charge in [0.1, 0.15) is 0 Å². The van der Waals surface area contributed by atoms with E-state index in [2.05, 4.69) is 13.5 Å². The minimum atomic E-state index is -0.309. The third-order valence-corrected chi connectivity index (χ3v) is 2.47.